The number of rotatable bonds is 13. The second-order valence-electron chi connectivity index (χ2n) is 10.3. The molecule has 4 rings (SSSR count). The first-order valence-electron chi connectivity index (χ1n) is 13.4. The Hall–Kier alpha value is -2.10. The molecule has 1 N–H and O–H groups in total. The molecule has 3 aliphatic heterocycles. The van der Waals surface area contributed by atoms with Gasteiger partial charge in [-0.25, -0.2) is 0 Å². The fourth-order valence-corrected chi connectivity index (χ4v) is 10.1. The zero-order valence-corrected chi connectivity index (χ0v) is 24.4. The maximum atomic E-state index is 14.4. The quantitative estimate of drug-likeness (QED) is 0.276. The van der Waals surface area contributed by atoms with Gasteiger partial charge in [-0.3, -0.25) is 14.4 Å². The number of hydrogen-bond acceptors (Lipinski definition) is 5. The van der Waals surface area contributed by atoms with Crippen molar-refractivity contribution >= 4 is 45.4 Å². The van der Waals surface area contributed by atoms with Gasteiger partial charge in [-0.15, -0.1) is 24.9 Å². The number of aliphatic hydroxyl groups excluding tert-OH is 1. The summed E-state index contributed by atoms with van der Waals surface area (Å²) in [5, 5.41) is 9.52. The smallest absolute Gasteiger partial charge is 0.247 e. The first-order chi connectivity index (χ1) is 18.3. The fraction of sp³-hybridized carbons (Fsp3) is 0.552. The summed E-state index contributed by atoms with van der Waals surface area (Å²) >= 11 is 5.48. The van der Waals surface area contributed by atoms with Gasteiger partial charge in [0.1, 0.15) is 6.04 Å². The van der Waals surface area contributed by atoms with Crippen LogP contribution in [0.3, 0.4) is 0 Å². The molecule has 2 bridgehead atoms. The number of amides is 3. The summed E-state index contributed by atoms with van der Waals surface area (Å²) in [6, 6.07) is 9.08. The number of nitrogens with zero attached hydrogens (tertiary/aromatic N) is 3. The number of thioether (sulfide) groups is 1. The predicted octanol–water partition coefficient (Wildman–Crippen LogP) is 3.47. The highest BCUT2D eigenvalue weighted by Crippen LogP contribution is 2.68. The number of alkyl halides is 1. The van der Waals surface area contributed by atoms with Gasteiger partial charge in [0, 0.05) is 49.4 Å². The molecule has 3 unspecified atom stereocenters. The lowest BCUT2D eigenvalue weighted by molar-refractivity contribution is -0.144. The Bertz CT molecular complexity index is 1060. The Kier molecular flexibility index (Phi) is 9.42. The van der Waals surface area contributed by atoms with E-state index in [1.165, 1.54) is 0 Å². The maximum Gasteiger partial charge on any atom is 0.247 e. The third-order valence-corrected chi connectivity index (χ3v) is 11.1. The normalized spacial score (nSPS) is 29.3. The van der Waals surface area contributed by atoms with Gasteiger partial charge in [0.05, 0.1) is 16.6 Å². The summed E-state index contributed by atoms with van der Waals surface area (Å²) in [5.74, 6) is -1.37. The average molecular weight is 605 g/mol. The zero-order chi connectivity index (χ0) is 27.4. The van der Waals surface area contributed by atoms with Crippen LogP contribution >= 0.6 is 27.7 Å². The molecule has 0 aliphatic carbocycles. The molecule has 1 spiro atoms. The standard InChI is InChI=1S/C29H38BrN3O4S/c1-4-13-31(14-5-2)26(35)22-23-27(36)33(16-10-17-34)25(29(23)18-21(30)24(22)38-29)28(37)32(15-6-3)19-20-11-8-7-9-12-20/h4,6-9,11-12,21-25,34H,1,3,5,10,13-19H2,2H3/t21?,22-,23+,24-,25?,29?/m1/s1. The van der Waals surface area contributed by atoms with E-state index in [9.17, 15) is 19.5 Å². The lowest BCUT2D eigenvalue weighted by Crippen LogP contribution is -2.55. The largest absolute Gasteiger partial charge is 0.396 e. The van der Waals surface area contributed by atoms with Gasteiger partial charge in [0.25, 0.3) is 0 Å². The molecule has 9 heteroatoms. The zero-order valence-electron chi connectivity index (χ0n) is 22.0. The fourth-order valence-electron chi connectivity index (χ4n) is 6.47. The van der Waals surface area contributed by atoms with Crippen LogP contribution in [0.25, 0.3) is 0 Å². The highest BCUT2D eigenvalue weighted by molar-refractivity contribution is 9.09. The van der Waals surface area contributed by atoms with Crippen molar-refractivity contribution in [1.29, 1.82) is 0 Å². The molecule has 3 heterocycles. The van der Waals surface area contributed by atoms with Crippen LogP contribution in [0.5, 0.6) is 0 Å². The second-order valence-corrected chi connectivity index (χ2v) is 13.1. The minimum atomic E-state index is -0.706. The van der Waals surface area contributed by atoms with Crippen molar-refractivity contribution in [2.24, 2.45) is 11.8 Å². The molecular formula is C29H38BrN3O4S. The predicted molar refractivity (Wildman–Crippen MR) is 155 cm³/mol. The van der Waals surface area contributed by atoms with Crippen molar-refractivity contribution in [3.8, 4) is 0 Å². The van der Waals surface area contributed by atoms with E-state index in [2.05, 4.69) is 29.1 Å². The number of halogens is 1. The van der Waals surface area contributed by atoms with Crippen LogP contribution in [0, 0.1) is 11.8 Å². The molecule has 206 valence electrons. The molecule has 3 fully saturated rings. The Morgan fingerprint density at radius 1 is 1.18 bits per heavy atom. The van der Waals surface area contributed by atoms with Crippen LogP contribution < -0.4 is 0 Å². The molecule has 0 radical (unpaired) electrons. The average Bonchev–Trinajstić information content (AvgIpc) is 3.50. The number of likely N-dealkylation sites (tertiary alicyclic amines) is 1. The SMILES string of the molecule is C=CCN(Cc1ccccc1)C(=O)C1N(CCCO)C(=O)[C@@H]2[C@@H](C(=O)N(CC=C)CCC)[C@@H]3SC12CC3Br. The van der Waals surface area contributed by atoms with Crippen molar-refractivity contribution in [2.75, 3.05) is 32.8 Å². The van der Waals surface area contributed by atoms with E-state index in [0.717, 1.165) is 12.0 Å². The summed E-state index contributed by atoms with van der Waals surface area (Å²) < 4.78 is -0.703. The van der Waals surface area contributed by atoms with Crippen molar-refractivity contribution in [3.05, 3.63) is 61.2 Å². The van der Waals surface area contributed by atoms with Crippen LogP contribution in [-0.4, -0.2) is 91.2 Å². The van der Waals surface area contributed by atoms with E-state index < -0.39 is 22.6 Å². The molecule has 3 amide bonds. The third kappa shape index (κ3) is 5.09. The number of carbonyl (C=O) groups excluding carboxylic acids is 3. The van der Waals surface area contributed by atoms with Crippen molar-refractivity contribution < 1.29 is 19.5 Å². The Balaban J connectivity index is 1.73. The van der Waals surface area contributed by atoms with Gasteiger partial charge in [-0.2, -0.15) is 0 Å². The summed E-state index contributed by atoms with van der Waals surface area (Å²) in [6.45, 7) is 11.7. The van der Waals surface area contributed by atoms with Crippen LogP contribution in [-0.2, 0) is 20.9 Å². The van der Waals surface area contributed by atoms with E-state index in [0.29, 0.717) is 39.0 Å². The van der Waals surface area contributed by atoms with Crippen LogP contribution in [0.4, 0.5) is 0 Å². The monoisotopic (exact) mass is 603 g/mol. The van der Waals surface area contributed by atoms with Gasteiger partial charge in [0.15, 0.2) is 0 Å². The van der Waals surface area contributed by atoms with E-state index in [1.807, 2.05) is 37.3 Å². The highest BCUT2D eigenvalue weighted by atomic mass is 79.9. The van der Waals surface area contributed by atoms with Crippen LogP contribution in [0.2, 0.25) is 0 Å². The summed E-state index contributed by atoms with van der Waals surface area (Å²) in [7, 11) is 0. The molecule has 0 saturated carbocycles. The minimum Gasteiger partial charge on any atom is -0.396 e. The molecule has 1 aromatic rings. The van der Waals surface area contributed by atoms with Crippen molar-refractivity contribution in [1.82, 2.24) is 14.7 Å². The Morgan fingerprint density at radius 3 is 2.50 bits per heavy atom. The number of aliphatic hydroxyl groups is 1. The van der Waals surface area contributed by atoms with Crippen molar-refractivity contribution in [2.45, 2.75) is 53.6 Å². The highest BCUT2D eigenvalue weighted by Gasteiger charge is 2.75. The molecular weight excluding hydrogens is 566 g/mol. The van der Waals surface area contributed by atoms with E-state index in [-0.39, 0.29) is 41.0 Å². The number of carbonyl (C=O) groups is 3. The van der Waals surface area contributed by atoms with Crippen molar-refractivity contribution in [3.63, 3.8) is 0 Å². The Morgan fingerprint density at radius 2 is 1.87 bits per heavy atom. The molecule has 7 nitrogen and oxygen atoms in total. The van der Waals surface area contributed by atoms with Gasteiger partial charge < -0.3 is 19.8 Å². The first-order valence-corrected chi connectivity index (χ1v) is 15.2. The number of benzene rings is 1. The number of fused-ring (bicyclic) bond motifs is 1. The first kappa shape index (κ1) is 28.9. The summed E-state index contributed by atoms with van der Waals surface area (Å²) in [5.41, 5.74) is 0.998. The summed E-state index contributed by atoms with van der Waals surface area (Å²) in [4.78, 5) is 47.7. The topological polar surface area (TPSA) is 81.2 Å². The third-order valence-electron chi connectivity index (χ3n) is 7.90. The lowest BCUT2D eigenvalue weighted by Gasteiger charge is -2.38. The molecule has 38 heavy (non-hydrogen) atoms. The van der Waals surface area contributed by atoms with E-state index in [4.69, 9.17) is 0 Å². The molecule has 1 aromatic carbocycles. The van der Waals surface area contributed by atoms with Gasteiger partial charge in [-0.05, 0) is 24.8 Å². The molecule has 6 atom stereocenters. The molecule has 0 aromatic heterocycles. The van der Waals surface area contributed by atoms with E-state index in [1.54, 1.807) is 38.6 Å². The lowest BCUT2D eigenvalue weighted by atomic mass is 9.70. The maximum absolute atomic E-state index is 14.4. The van der Waals surface area contributed by atoms with Gasteiger partial charge >= 0.3 is 0 Å². The van der Waals surface area contributed by atoms with Gasteiger partial charge in [0.2, 0.25) is 17.7 Å². The van der Waals surface area contributed by atoms with Gasteiger partial charge in [-0.1, -0.05) is 65.3 Å². The molecule has 3 saturated heterocycles. The van der Waals surface area contributed by atoms with E-state index >= 15 is 0 Å². The van der Waals surface area contributed by atoms with Crippen LogP contribution in [0.1, 0.15) is 31.7 Å². The minimum absolute atomic E-state index is 0.0211. The Labute approximate surface area is 238 Å². The van der Waals surface area contributed by atoms with Crippen LogP contribution in [0.15, 0.2) is 55.6 Å². The molecule has 3 aliphatic rings. The number of hydrogen-bond donors (Lipinski definition) is 1. The second kappa shape index (κ2) is 12.4. The summed E-state index contributed by atoms with van der Waals surface area (Å²) in [6.07, 6.45) is 5.26.